The first-order valence-electron chi connectivity index (χ1n) is 7.49. The molecule has 1 aromatic rings. The molecule has 5 heteroatoms. The average Bonchev–Trinajstić information content (AvgIpc) is 2.46. The van der Waals surface area contributed by atoms with Crippen molar-refractivity contribution in [2.75, 3.05) is 11.1 Å². The topological polar surface area (TPSA) is 58.2 Å². The van der Waals surface area contributed by atoms with Gasteiger partial charge in [0.2, 0.25) is 5.91 Å². The van der Waals surface area contributed by atoms with Gasteiger partial charge in [-0.25, -0.2) is 0 Å². The van der Waals surface area contributed by atoms with Crippen LogP contribution in [-0.4, -0.2) is 23.6 Å². The number of carbonyl (C=O) groups excluding carboxylic acids is 2. The fourth-order valence-corrected chi connectivity index (χ4v) is 3.85. The van der Waals surface area contributed by atoms with E-state index in [2.05, 4.69) is 17.6 Å². The Labute approximate surface area is 129 Å². The summed E-state index contributed by atoms with van der Waals surface area (Å²) in [5, 5.41) is 5.95. The predicted octanol–water partition coefficient (Wildman–Crippen LogP) is 3.04. The van der Waals surface area contributed by atoms with Gasteiger partial charge in [0, 0.05) is 16.5 Å². The molecule has 1 aromatic carbocycles. The van der Waals surface area contributed by atoms with E-state index in [1.807, 2.05) is 12.1 Å². The van der Waals surface area contributed by atoms with Crippen molar-refractivity contribution in [3.63, 3.8) is 0 Å². The number of anilines is 1. The quantitative estimate of drug-likeness (QED) is 0.883. The summed E-state index contributed by atoms with van der Waals surface area (Å²) in [6.07, 6.45) is 4.56. The smallest absolute Gasteiger partial charge is 0.251 e. The lowest BCUT2D eigenvalue weighted by Crippen LogP contribution is -2.38. The predicted molar refractivity (Wildman–Crippen MR) is 84.7 cm³/mol. The minimum atomic E-state index is -0.0401. The first-order chi connectivity index (χ1) is 10.1. The fraction of sp³-hybridized carbons (Fsp3) is 0.500. The van der Waals surface area contributed by atoms with Crippen molar-refractivity contribution in [1.29, 1.82) is 0 Å². The van der Waals surface area contributed by atoms with Gasteiger partial charge in [-0.2, -0.15) is 0 Å². The van der Waals surface area contributed by atoms with Gasteiger partial charge in [-0.15, -0.1) is 11.8 Å². The van der Waals surface area contributed by atoms with Crippen molar-refractivity contribution in [1.82, 2.24) is 5.32 Å². The van der Waals surface area contributed by atoms with E-state index in [1.54, 1.807) is 6.07 Å². The van der Waals surface area contributed by atoms with E-state index < -0.39 is 0 Å². The van der Waals surface area contributed by atoms with Crippen LogP contribution in [0.1, 0.15) is 43.0 Å². The molecule has 1 heterocycles. The van der Waals surface area contributed by atoms with Crippen LogP contribution in [0, 0.1) is 5.92 Å². The molecule has 2 amide bonds. The van der Waals surface area contributed by atoms with Crippen LogP contribution in [0.4, 0.5) is 5.69 Å². The summed E-state index contributed by atoms with van der Waals surface area (Å²) in [7, 11) is 0. The number of fused-ring (bicyclic) bond motifs is 1. The van der Waals surface area contributed by atoms with Gasteiger partial charge >= 0.3 is 0 Å². The van der Waals surface area contributed by atoms with Crippen LogP contribution in [0.15, 0.2) is 23.1 Å². The number of nitrogens with one attached hydrogen (secondary N) is 2. The second-order valence-electron chi connectivity index (χ2n) is 5.99. The highest BCUT2D eigenvalue weighted by atomic mass is 32.2. The first kappa shape index (κ1) is 14.4. The Hall–Kier alpha value is -1.49. The Morgan fingerprint density at radius 3 is 3.05 bits per heavy atom. The summed E-state index contributed by atoms with van der Waals surface area (Å²) in [6, 6.07) is 5.81. The molecule has 21 heavy (non-hydrogen) atoms. The van der Waals surface area contributed by atoms with Gasteiger partial charge < -0.3 is 10.6 Å². The van der Waals surface area contributed by atoms with Gasteiger partial charge in [-0.3, -0.25) is 9.59 Å². The molecule has 1 aliphatic carbocycles. The Morgan fingerprint density at radius 1 is 1.38 bits per heavy atom. The van der Waals surface area contributed by atoms with Crippen LogP contribution in [0.2, 0.25) is 0 Å². The van der Waals surface area contributed by atoms with E-state index in [-0.39, 0.29) is 17.9 Å². The maximum atomic E-state index is 12.4. The monoisotopic (exact) mass is 304 g/mol. The highest BCUT2D eigenvalue weighted by Crippen LogP contribution is 2.32. The molecule has 1 fully saturated rings. The van der Waals surface area contributed by atoms with Gasteiger partial charge in [-0.05, 0) is 37.0 Å². The lowest BCUT2D eigenvalue weighted by molar-refractivity contribution is -0.113. The summed E-state index contributed by atoms with van der Waals surface area (Å²) in [5.41, 5.74) is 1.37. The Kier molecular flexibility index (Phi) is 4.19. The zero-order valence-corrected chi connectivity index (χ0v) is 13.0. The second-order valence-corrected chi connectivity index (χ2v) is 7.01. The number of carbonyl (C=O) groups is 2. The highest BCUT2D eigenvalue weighted by Gasteiger charge is 2.22. The third-order valence-electron chi connectivity index (χ3n) is 4.15. The summed E-state index contributed by atoms with van der Waals surface area (Å²) >= 11 is 1.51. The van der Waals surface area contributed by atoms with Crippen LogP contribution in [-0.2, 0) is 4.79 Å². The molecule has 2 unspecified atom stereocenters. The van der Waals surface area contributed by atoms with Gasteiger partial charge in [0.05, 0.1) is 11.4 Å². The molecule has 2 N–H and O–H groups in total. The molecule has 0 aromatic heterocycles. The SMILES string of the molecule is CC1CCCC(NC(=O)c2ccc3c(c2)NC(=O)CS3)C1. The molecule has 1 aliphatic heterocycles. The van der Waals surface area contributed by atoms with Crippen molar-refractivity contribution >= 4 is 29.3 Å². The van der Waals surface area contributed by atoms with E-state index in [0.717, 1.165) is 23.4 Å². The van der Waals surface area contributed by atoms with Gasteiger partial charge in [0.15, 0.2) is 0 Å². The Morgan fingerprint density at radius 2 is 2.24 bits per heavy atom. The largest absolute Gasteiger partial charge is 0.349 e. The average molecular weight is 304 g/mol. The van der Waals surface area contributed by atoms with Crippen LogP contribution >= 0.6 is 11.8 Å². The van der Waals surface area contributed by atoms with E-state index in [0.29, 0.717) is 17.2 Å². The van der Waals surface area contributed by atoms with Gasteiger partial charge in [-0.1, -0.05) is 19.8 Å². The number of benzene rings is 1. The second kappa shape index (κ2) is 6.10. The molecule has 112 valence electrons. The molecule has 0 saturated heterocycles. The third-order valence-corrected chi connectivity index (χ3v) is 5.22. The van der Waals surface area contributed by atoms with Crippen molar-refractivity contribution in [3.05, 3.63) is 23.8 Å². The molecular weight excluding hydrogens is 284 g/mol. The molecule has 4 nitrogen and oxygen atoms in total. The van der Waals surface area contributed by atoms with Crippen LogP contribution in [0.5, 0.6) is 0 Å². The van der Waals surface area contributed by atoms with E-state index >= 15 is 0 Å². The first-order valence-corrected chi connectivity index (χ1v) is 8.48. The molecule has 0 bridgehead atoms. The van der Waals surface area contributed by atoms with Crippen LogP contribution in [0.3, 0.4) is 0 Å². The molecule has 2 atom stereocenters. The lowest BCUT2D eigenvalue weighted by Gasteiger charge is -2.27. The lowest BCUT2D eigenvalue weighted by atomic mass is 9.87. The van der Waals surface area contributed by atoms with Crippen molar-refractivity contribution in [2.45, 2.75) is 43.5 Å². The molecule has 0 spiro atoms. The zero-order chi connectivity index (χ0) is 14.8. The summed E-state index contributed by atoms with van der Waals surface area (Å²) in [6.45, 7) is 2.24. The number of hydrogen-bond acceptors (Lipinski definition) is 3. The van der Waals surface area contributed by atoms with E-state index in [4.69, 9.17) is 0 Å². The molecule has 2 aliphatic rings. The van der Waals surface area contributed by atoms with Crippen LogP contribution < -0.4 is 10.6 Å². The normalized spacial score (nSPS) is 24.9. The van der Waals surface area contributed by atoms with Gasteiger partial charge in [0.1, 0.15) is 0 Å². The Balaban J connectivity index is 1.70. The standard InChI is InChI=1S/C16H20N2O2S/c1-10-3-2-4-12(7-10)17-16(20)11-5-6-14-13(8-11)18-15(19)9-21-14/h5-6,8,10,12H,2-4,7,9H2,1H3,(H,17,20)(H,18,19). The van der Waals surface area contributed by atoms with Crippen molar-refractivity contribution < 1.29 is 9.59 Å². The molecule has 3 rings (SSSR count). The fourth-order valence-electron chi connectivity index (χ4n) is 3.06. The minimum Gasteiger partial charge on any atom is -0.349 e. The maximum absolute atomic E-state index is 12.4. The summed E-state index contributed by atoms with van der Waals surface area (Å²) in [4.78, 5) is 24.8. The zero-order valence-electron chi connectivity index (χ0n) is 12.1. The maximum Gasteiger partial charge on any atom is 0.251 e. The van der Waals surface area contributed by atoms with Gasteiger partial charge in [0.25, 0.3) is 5.91 Å². The minimum absolute atomic E-state index is 0.00818. The summed E-state index contributed by atoms with van der Waals surface area (Å²) < 4.78 is 0. The van der Waals surface area contributed by atoms with Crippen molar-refractivity contribution in [3.8, 4) is 0 Å². The number of hydrogen-bond donors (Lipinski definition) is 2. The highest BCUT2D eigenvalue weighted by molar-refractivity contribution is 8.00. The number of rotatable bonds is 2. The van der Waals surface area contributed by atoms with Crippen molar-refractivity contribution in [2.24, 2.45) is 5.92 Å². The molecule has 1 saturated carbocycles. The molecular formula is C16H20N2O2S. The van der Waals surface area contributed by atoms with E-state index in [9.17, 15) is 9.59 Å². The number of amides is 2. The number of thioether (sulfide) groups is 1. The summed E-state index contributed by atoms with van der Waals surface area (Å²) in [5.74, 6) is 1.08. The van der Waals surface area contributed by atoms with E-state index in [1.165, 1.54) is 24.6 Å². The Bertz CT molecular complexity index is 573. The van der Waals surface area contributed by atoms with Crippen LogP contribution in [0.25, 0.3) is 0 Å². The molecule has 0 radical (unpaired) electrons. The third kappa shape index (κ3) is 3.40.